The number of aryl methyl sites for hydroxylation is 1. The van der Waals surface area contributed by atoms with Gasteiger partial charge in [-0.05, 0) is 26.2 Å². The molecule has 0 aromatic carbocycles. The molecule has 1 aromatic rings. The molecular formula is C7H11ClN2S. The molecule has 1 aromatic heterocycles. The van der Waals surface area contributed by atoms with Gasteiger partial charge >= 0.3 is 0 Å². The maximum absolute atomic E-state index is 5.78. The Hall–Kier alpha value is -0.150. The largest absolute Gasteiger partial charge is 0.181 e. The molecule has 1 unspecified atom stereocenters. The van der Waals surface area contributed by atoms with Gasteiger partial charge in [0.1, 0.15) is 0 Å². The summed E-state index contributed by atoms with van der Waals surface area (Å²) in [5.74, 6) is 0. The van der Waals surface area contributed by atoms with E-state index >= 15 is 0 Å². The minimum absolute atomic E-state index is 0.279. The maximum Gasteiger partial charge on any atom is 0.0743 e. The normalized spacial score (nSPS) is 13.3. The molecule has 0 spiro atoms. The Bertz CT molecular complexity index is 186. The predicted octanol–water partition coefficient (Wildman–Crippen LogP) is 2.49. The van der Waals surface area contributed by atoms with Crippen molar-refractivity contribution in [2.75, 3.05) is 0 Å². The van der Waals surface area contributed by atoms with E-state index < -0.39 is 0 Å². The Kier molecular flexibility index (Phi) is 3.80. The number of aromatic nitrogens is 2. The predicted molar refractivity (Wildman–Crippen MR) is 48.2 cm³/mol. The third kappa shape index (κ3) is 3.68. The second-order valence-electron chi connectivity index (χ2n) is 2.57. The van der Waals surface area contributed by atoms with Crippen LogP contribution in [0.1, 0.15) is 25.5 Å². The molecular weight excluding hydrogens is 180 g/mol. The van der Waals surface area contributed by atoms with Gasteiger partial charge in [-0.2, -0.15) is 8.75 Å². The fraction of sp³-hybridized carbons (Fsp3) is 0.714. The van der Waals surface area contributed by atoms with Crippen LogP contribution in [0.4, 0.5) is 0 Å². The summed E-state index contributed by atoms with van der Waals surface area (Å²) in [5, 5.41) is 0.279. The van der Waals surface area contributed by atoms with Crippen LogP contribution in [-0.4, -0.2) is 14.1 Å². The number of alkyl halides is 1. The van der Waals surface area contributed by atoms with E-state index in [-0.39, 0.29) is 5.38 Å². The van der Waals surface area contributed by atoms with E-state index in [4.69, 9.17) is 11.6 Å². The molecule has 0 bridgehead atoms. The van der Waals surface area contributed by atoms with Crippen LogP contribution < -0.4 is 0 Å². The highest BCUT2D eigenvalue weighted by molar-refractivity contribution is 6.99. The summed E-state index contributed by atoms with van der Waals surface area (Å²) in [6.07, 6.45) is 4.99. The standard InChI is InChI=1S/C7H11ClN2S/c1-6(8)3-2-4-7-5-9-11-10-7/h5-6H,2-4H2,1H3. The molecule has 4 heteroatoms. The first-order valence-corrected chi connectivity index (χ1v) is 4.86. The van der Waals surface area contributed by atoms with E-state index in [1.165, 1.54) is 11.7 Å². The summed E-state index contributed by atoms with van der Waals surface area (Å²) in [6, 6.07) is 0. The number of halogens is 1. The van der Waals surface area contributed by atoms with E-state index in [2.05, 4.69) is 8.75 Å². The van der Waals surface area contributed by atoms with Crippen molar-refractivity contribution in [3.8, 4) is 0 Å². The summed E-state index contributed by atoms with van der Waals surface area (Å²) in [5.41, 5.74) is 1.09. The lowest BCUT2D eigenvalue weighted by atomic mass is 10.2. The second kappa shape index (κ2) is 4.67. The molecule has 0 radical (unpaired) electrons. The van der Waals surface area contributed by atoms with Gasteiger partial charge in [-0.3, -0.25) is 0 Å². The van der Waals surface area contributed by atoms with Crippen molar-refractivity contribution < 1.29 is 0 Å². The van der Waals surface area contributed by atoms with Crippen LogP contribution in [-0.2, 0) is 6.42 Å². The molecule has 0 aliphatic heterocycles. The fourth-order valence-electron chi connectivity index (χ4n) is 0.859. The first kappa shape index (κ1) is 8.94. The van der Waals surface area contributed by atoms with Crippen molar-refractivity contribution in [3.05, 3.63) is 11.9 Å². The van der Waals surface area contributed by atoms with Crippen molar-refractivity contribution in [1.82, 2.24) is 8.75 Å². The lowest BCUT2D eigenvalue weighted by Crippen LogP contribution is -1.92. The lowest BCUT2D eigenvalue weighted by Gasteiger charge is -1.98. The number of hydrogen-bond donors (Lipinski definition) is 0. The number of nitrogens with zero attached hydrogens (tertiary/aromatic N) is 2. The summed E-state index contributed by atoms with van der Waals surface area (Å²) < 4.78 is 8.02. The van der Waals surface area contributed by atoms with E-state index in [1.807, 2.05) is 13.1 Å². The van der Waals surface area contributed by atoms with Crippen LogP contribution in [0.25, 0.3) is 0 Å². The van der Waals surface area contributed by atoms with Crippen LogP contribution in [0.2, 0.25) is 0 Å². The van der Waals surface area contributed by atoms with E-state index in [0.29, 0.717) is 0 Å². The van der Waals surface area contributed by atoms with Crippen molar-refractivity contribution in [1.29, 1.82) is 0 Å². The van der Waals surface area contributed by atoms with Gasteiger partial charge in [0.2, 0.25) is 0 Å². The fourth-order valence-corrected chi connectivity index (χ4v) is 1.47. The number of hydrogen-bond acceptors (Lipinski definition) is 3. The minimum atomic E-state index is 0.279. The van der Waals surface area contributed by atoms with Crippen molar-refractivity contribution in [2.24, 2.45) is 0 Å². The summed E-state index contributed by atoms with van der Waals surface area (Å²) in [7, 11) is 0. The third-order valence-electron chi connectivity index (χ3n) is 1.44. The average Bonchev–Trinajstić information content (AvgIpc) is 2.39. The highest BCUT2D eigenvalue weighted by Crippen LogP contribution is 2.07. The van der Waals surface area contributed by atoms with Crippen LogP contribution in [0, 0.1) is 0 Å². The zero-order chi connectivity index (χ0) is 8.10. The summed E-state index contributed by atoms with van der Waals surface area (Å²) in [6.45, 7) is 2.01. The minimum Gasteiger partial charge on any atom is -0.181 e. The third-order valence-corrected chi connectivity index (χ3v) is 2.18. The van der Waals surface area contributed by atoms with Gasteiger partial charge in [-0.15, -0.1) is 11.6 Å². The van der Waals surface area contributed by atoms with E-state index in [0.717, 1.165) is 25.0 Å². The van der Waals surface area contributed by atoms with Crippen LogP contribution in [0.5, 0.6) is 0 Å². The van der Waals surface area contributed by atoms with Gasteiger partial charge in [0.25, 0.3) is 0 Å². The lowest BCUT2D eigenvalue weighted by molar-refractivity contribution is 0.716. The molecule has 1 atom stereocenters. The van der Waals surface area contributed by atoms with E-state index in [9.17, 15) is 0 Å². The van der Waals surface area contributed by atoms with Crippen molar-refractivity contribution in [2.45, 2.75) is 31.6 Å². The molecule has 0 aliphatic carbocycles. The Balaban J connectivity index is 2.14. The van der Waals surface area contributed by atoms with Crippen LogP contribution in [0.15, 0.2) is 6.20 Å². The highest BCUT2D eigenvalue weighted by Gasteiger charge is 1.98. The first-order valence-electron chi connectivity index (χ1n) is 3.69. The highest BCUT2D eigenvalue weighted by atomic mass is 35.5. The molecule has 62 valence electrons. The topological polar surface area (TPSA) is 25.8 Å². The Morgan fingerprint density at radius 1 is 1.73 bits per heavy atom. The average molecular weight is 191 g/mol. The molecule has 1 rings (SSSR count). The SMILES string of the molecule is CC(Cl)CCCc1cnsn1. The molecule has 11 heavy (non-hydrogen) atoms. The van der Waals surface area contributed by atoms with Gasteiger partial charge in [0.05, 0.1) is 23.6 Å². The molecule has 0 saturated carbocycles. The Morgan fingerprint density at radius 2 is 2.55 bits per heavy atom. The van der Waals surface area contributed by atoms with Crippen molar-refractivity contribution in [3.63, 3.8) is 0 Å². The van der Waals surface area contributed by atoms with E-state index in [1.54, 1.807) is 0 Å². The molecule has 0 amide bonds. The summed E-state index contributed by atoms with van der Waals surface area (Å²) in [4.78, 5) is 0. The summed E-state index contributed by atoms with van der Waals surface area (Å²) >= 11 is 7.05. The Labute approximate surface area is 75.9 Å². The number of rotatable bonds is 4. The second-order valence-corrected chi connectivity index (χ2v) is 3.87. The molecule has 0 saturated heterocycles. The maximum atomic E-state index is 5.78. The van der Waals surface area contributed by atoms with Gasteiger partial charge in [0, 0.05) is 5.38 Å². The quantitative estimate of drug-likeness (QED) is 0.682. The zero-order valence-electron chi connectivity index (χ0n) is 6.46. The van der Waals surface area contributed by atoms with Gasteiger partial charge in [-0.25, -0.2) is 0 Å². The molecule has 0 aliphatic rings. The van der Waals surface area contributed by atoms with Gasteiger partial charge in [-0.1, -0.05) is 0 Å². The molecule has 2 nitrogen and oxygen atoms in total. The first-order chi connectivity index (χ1) is 5.29. The smallest absolute Gasteiger partial charge is 0.0743 e. The van der Waals surface area contributed by atoms with Crippen molar-refractivity contribution >= 4 is 23.3 Å². The molecule has 1 heterocycles. The molecule has 0 fully saturated rings. The van der Waals surface area contributed by atoms with Crippen LogP contribution >= 0.6 is 23.3 Å². The molecule has 0 N–H and O–H groups in total. The monoisotopic (exact) mass is 190 g/mol. The van der Waals surface area contributed by atoms with Gasteiger partial charge in [0.15, 0.2) is 0 Å². The zero-order valence-corrected chi connectivity index (χ0v) is 8.03. The Morgan fingerprint density at radius 3 is 3.09 bits per heavy atom. The van der Waals surface area contributed by atoms with Gasteiger partial charge < -0.3 is 0 Å². The van der Waals surface area contributed by atoms with Crippen LogP contribution in [0.3, 0.4) is 0 Å².